The molecule has 2 aliphatic heterocycles. The van der Waals surface area contributed by atoms with Crippen LogP contribution in [-0.4, -0.2) is 110 Å². The summed E-state index contributed by atoms with van der Waals surface area (Å²) in [6, 6.07) is 0. The molecule has 2 saturated heterocycles. The number of carbonyl (C=O) groups is 6. The predicted octanol–water partition coefficient (Wildman–Crippen LogP) is 3.19. The molecule has 0 saturated carbocycles. The normalized spacial score (nSPS) is 21.4. The van der Waals surface area contributed by atoms with Crippen molar-refractivity contribution in [2.24, 2.45) is 23.7 Å². The van der Waals surface area contributed by atoms with E-state index < -0.39 is 70.9 Å². The summed E-state index contributed by atoms with van der Waals surface area (Å²) < 4.78 is 30.5. The summed E-state index contributed by atoms with van der Waals surface area (Å²) >= 11 is 0. The average molecular weight is 631 g/mol. The molecule has 2 rings (SSSR count). The molecule has 0 aromatic carbocycles. The van der Waals surface area contributed by atoms with E-state index in [9.17, 15) is 28.8 Å². The molecule has 0 bridgehead atoms. The van der Waals surface area contributed by atoms with Crippen molar-refractivity contribution in [3.05, 3.63) is 0 Å². The van der Waals surface area contributed by atoms with E-state index in [1.54, 1.807) is 69.2 Å². The van der Waals surface area contributed by atoms with Gasteiger partial charge in [0.15, 0.2) is 0 Å². The van der Waals surface area contributed by atoms with Crippen molar-refractivity contribution in [3.8, 4) is 0 Å². The van der Waals surface area contributed by atoms with Crippen LogP contribution >= 0.6 is 0 Å². The molecule has 2 amide bonds. The van der Waals surface area contributed by atoms with E-state index in [-0.39, 0.29) is 52.6 Å². The van der Waals surface area contributed by atoms with Crippen molar-refractivity contribution >= 4 is 36.1 Å². The van der Waals surface area contributed by atoms with Gasteiger partial charge in [-0.3, -0.25) is 19.2 Å². The first-order chi connectivity index (χ1) is 20.4. The van der Waals surface area contributed by atoms with Crippen molar-refractivity contribution in [2.75, 3.05) is 52.6 Å². The molecule has 0 radical (unpaired) electrons. The topological polar surface area (TPSA) is 164 Å². The minimum Gasteiger partial charge on any atom is -0.466 e. The van der Waals surface area contributed by atoms with Crippen LogP contribution in [0.25, 0.3) is 0 Å². The molecule has 0 spiro atoms. The third kappa shape index (κ3) is 12.2. The van der Waals surface area contributed by atoms with Gasteiger partial charge in [0.05, 0.1) is 50.1 Å². The molecule has 0 aromatic rings. The van der Waals surface area contributed by atoms with Gasteiger partial charge in [-0.2, -0.15) is 0 Å². The molecular weight excluding hydrogens is 580 g/mol. The molecule has 2 aliphatic rings. The lowest BCUT2D eigenvalue weighted by molar-refractivity contribution is -0.157. The lowest BCUT2D eigenvalue weighted by atomic mass is 9.96. The van der Waals surface area contributed by atoms with Crippen molar-refractivity contribution in [1.82, 2.24) is 9.80 Å². The van der Waals surface area contributed by atoms with Crippen LogP contribution < -0.4 is 0 Å². The van der Waals surface area contributed by atoms with Crippen LogP contribution in [-0.2, 0) is 47.6 Å². The molecule has 44 heavy (non-hydrogen) atoms. The van der Waals surface area contributed by atoms with Crippen molar-refractivity contribution in [2.45, 2.75) is 80.4 Å². The summed E-state index contributed by atoms with van der Waals surface area (Å²) in [6.07, 6.45) is -1.10. The van der Waals surface area contributed by atoms with Gasteiger partial charge in [-0.1, -0.05) is 0 Å². The maximum Gasteiger partial charge on any atom is 0.410 e. The van der Waals surface area contributed by atoms with Crippen molar-refractivity contribution in [3.63, 3.8) is 0 Å². The van der Waals surface area contributed by atoms with E-state index in [0.717, 1.165) is 0 Å². The second-order valence-electron chi connectivity index (χ2n) is 12.2. The minimum absolute atomic E-state index is 0.0945. The van der Waals surface area contributed by atoms with Gasteiger partial charge in [-0.05, 0) is 69.2 Å². The van der Waals surface area contributed by atoms with E-state index in [0.29, 0.717) is 0 Å². The highest BCUT2D eigenvalue weighted by atomic mass is 16.6. The van der Waals surface area contributed by atoms with Crippen LogP contribution in [0.5, 0.6) is 0 Å². The average Bonchev–Trinajstić information content (AvgIpc) is 3.54. The fourth-order valence-electron chi connectivity index (χ4n) is 4.51. The minimum atomic E-state index is -0.716. The summed E-state index contributed by atoms with van der Waals surface area (Å²) in [6.45, 7) is 18.6. The van der Waals surface area contributed by atoms with Gasteiger partial charge in [0, 0.05) is 26.2 Å². The Morgan fingerprint density at radius 1 is 0.477 bits per heavy atom. The first-order valence-corrected chi connectivity index (χ1v) is 15.0. The highest BCUT2D eigenvalue weighted by molar-refractivity contribution is 5.86. The highest BCUT2D eigenvalue weighted by Crippen LogP contribution is 2.29. The molecule has 14 nitrogen and oxygen atoms in total. The molecule has 2 fully saturated rings. The zero-order valence-corrected chi connectivity index (χ0v) is 27.8. The Morgan fingerprint density at radius 3 is 0.841 bits per heavy atom. The third-order valence-corrected chi connectivity index (χ3v) is 6.30. The van der Waals surface area contributed by atoms with Crippen LogP contribution in [0.4, 0.5) is 9.59 Å². The summed E-state index contributed by atoms with van der Waals surface area (Å²) in [5, 5.41) is 0. The fourth-order valence-corrected chi connectivity index (χ4v) is 4.51. The lowest BCUT2D eigenvalue weighted by Crippen LogP contribution is -2.36. The second kappa shape index (κ2) is 17.0. The van der Waals surface area contributed by atoms with Gasteiger partial charge in [0.1, 0.15) is 11.2 Å². The maximum absolute atomic E-state index is 12.1. The van der Waals surface area contributed by atoms with Crippen LogP contribution in [0, 0.1) is 23.7 Å². The molecule has 2 heterocycles. The smallest absolute Gasteiger partial charge is 0.410 e. The molecular formula is C30H50N2O12. The standard InChI is InChI=1S/2C15H25NO6/c2*1-6-20-12(17)10-8-16(14(19)22-15(3,4)5)9-11(10)13(18)21-7-2/h2*10-11H,6-9H2,1-5H3/t2*10-,11+. The van der Waals surface area contributed by atoms with Crippen LogP contribution in [0.3, 0.4) is 0 Å². The Labute approximate surface area is 259 Å². The summed E-state index contributed by atoms with van der Waals surface area (Å²) in [4.78, 5) is 75.0. The Balaban J connectivity index is 0.000000440. The van der Waals surface area contributed by atoms with E-state index in [1.165, 1.54) is 9.80 Å². The Bertz CT molecular complexity index is 884. The van der Waals surface area contributed by atoms with Crippen LogP contribution in [0.1, 0.15) is 69.2 Å². The van der Waals surface area contributed by atoms with Gasteiger partial charge < -0.3 is 38.2 Å². The SMILES string of the molecule is CCOC(=O)[C@H]1CN(C(=O)OC(C)(C)C)C[C@H]1C(=O)OCC.CCOC(=O)[C@H]1CN(C(=O)OC(C)(C)C)C[C@H]1C(=O)OCC. The number of likely N-dealkylation sites (tertiary alicyclic amines) is 2. The van der Waals surface area contributed by atoms with Gasteiger partial charge in [-0.25, -0.2) is 9.59 Å². The van der Waals surface area contributed by atoms with Gasteiger partial charge in [-0.15, -0.1) is 0 Å². The highest BCUT2D eigenvalue weighted by Gasteiger charge is 2.47. The molecule has 252 valence electrons. The molecule has 0 aliphatic carbocycles. The number of rotatable bonds is 8. The Kier molecular flexibility index (Phi) is 14.9. The molecule has 4 atom stereocenters. The number of hydrogen-bond acceptors (Lipinski definition) is 12. The van der Waals surface area contributed by atoms with Crippen molar-refractivity contribution < 1.29 is 57.2 Å². The van der Waals surface area contributed by atoms with Gasteiger partial charge >= 0.3 is 36.1 Å². The molecule has 0 unspecified atom stereocenters. The van der Waals surface area contributed by atoms with E-state index >= 15 is 0 Å². The number of esters is 4. The third-order valence-electron chi connectivity index (χ3n) is 6.30. The van der Waals surface area contributed by atoms with E-state index in [1.807, 2.05) is 0 Å². The van der Waals surface area contributed by atoms with Gasteiger partial charge in [0.25, 0.3) is 0 Å². The monoisotopic (exact) mass is 630 g/mol. The van der Waals surface area contributed by atoms with Gasteiger partial charge in [0.2, 0.25) is 0 Å². The van der Waals surface area contributed by atoms with Crippen molar-refractivity contribution in [1.29, 1.82) is 0 Å². The number of nitrogens with zero attached hydrogens (tertiary/aromatic N) is 2. The largest absolute Gasteiger partial charge is 0.466 e. The summed E-state index contributed by atoms with van der Waals surface area (Å²) in [5.74, 6) is -4.84. The Hall–Kier alpha value is -3.58. The van der Waals surface area contributed by atoms with Crippen LogP contribution in [0.2, 0.25) is 0 Å². The van der Waals surface area contributed by atoms with Crippen LogP contribution in [0.15, 0.2) is 0 Å². The number of hydrogen-bond donors (Lipinski definition) is 0. The number of carbonyl (C=O) groups excluding carboxylic acids is 6. The summed E-state index contributed by atoms with van der Waals surface area (Å²) in [7, 11) is 0. The molecule has 0 aromatic heterocycles. The Morgan fingerprint density at radius 2 is 0.682 bits per heavy atom. The quantitative estimate of drug-likeness (QED) is 0.285. The fraction of sp³-hybridized carbons (Fsp3) is 0.800. The molecule has 14 heteroatoms. The first kappa shape index (κ1) is 38.4. The van der Waals surface area contributed by atoms with E-state index in [2.05, 4.69) is 0 Å². The number of amides is 2. The predicted molar refractivity (Wildman–Crippen MR) is 156 cm³/mol. The molecule has 0 N–H and O–H groups in total. The second-order valence-corrected chi connectivity index (χ2v) is 12.2. The zero-order valence-electron chi connectivity index (χ0n) is 27.8. The lowest BCUT2D eigenvalue weighted by Gasteiger charge is -2.24. The zero-order chi connectivity index (χ0) is 33.8. The maximum atomic E-state index is 12.1. The first-order valence-electron chi connectivity index (χ1n) is 15.0. The summed E-state index contributed by atoms with van der Waals surface area (Å²) in [5.41, 5.74) is -1.28. The number of ether oxygens (including phenoxy) is 6. The van der Waals surface area contributed by atoms with E-state index in [4.69, 9.17) is 28.4 Å².